The first-order chi connectivity index (χ1) is 12.4. The third-order valence-corrected chi connectivity index (χ3v) is 6.65. The van der Waals surface area contributed by atoms with Crippen molar-refractivity contribution in [1.29, 1.82) is 0 Å². The van der Waals surface area contributed by atoms with Gasteiger partial charge in [0.25, 0.3) is 0 Å². The summed E-state index contributed by atoms with van der Waals surface area (Å²) in [6.45, 7) is 2.15. The van der Waals surface area contributed by atoms with E-state index in [-0.39, 0.29) is 11.0 Å². The van der Waals surface area contributed by atoms with E-state index in [0.717, 1.165) is 17.8 Å². The number of halogens is 1. The van der Waals surface area contributed by atoms with E-state index in [1.54, 1.807) is 6.92 Å². The molecule has 1 aromatic carbocycles. The Morgan fingerprint density at radius 3 is 2.31 bits per heavy atom. The topological polar surface area (TPSA) is 55.8 Å². The zero-order valence-electron chi connectivity index (χ0n) is 15.5. The quantitative estimate of drug-likeness (QED) is 0.795. The predicted molar refractivity (Wildman–Crippen MR) is 94.5 cm³/mol. The van der Waals surface area contributed by atoms with Gasteiger partial charge in [-0.2, -0.15) is 0 Å². The molecule has 5 heteroatoms. The summed E-state index contributed by atoms with van der Waals surface area (Å²) in [6, 6.07) is 2.57. The molecule has 0 saturated heterocycles. The Kier molecular flexibility index (Phi) is 4.46. The van der Waals surface area contributed by atoms with Gasteiger partial charge in [-0.15, -0.1) is 0 Å². The van der Waals surface area contributed by atoms with Gasteiger partial charge in [0.05, 0.1) is 25.4 Å². The summed E-state index contributed by atoms with van der Waals surface area (Å²) in [5.74, 6) is 1.36. The van der Waals surface area contributed by atoms with Gasteiger partial charge in [-0.3, -0.25) is 0 Å². The lowest BCUT2D eigenvalue weighted by atomic mass is 9.50. The molecule has 4 aliphatic rings. The molecule has 142 valence electrons. The third kappa shape index (κ3) is 3.11. The molecular formula is C21H27FO4. The van der Waals surface area contributed by atoms with Crippen molar-refractivity contribution >= 4 is 5.97 Å². The Morgan fingerprint density at radius 1 is 1.23 bits per heavy atom. The molecule has 0 radical (unpaired) electrons. The smallest absolute Gasteiger partial charge is 0.340 e. The van der Waals surface area contributed by atoms with Gasteiger partial charge in [-0.05, 0) is 69.3 Å². The largest absolute Gasteiger partial charge is 0.493 e. The number of methoxy groups -OCH3 is 1. The predicted octanol–water partition coefficient (Wildman–Crippen LogP) is 4.26. The summed E-state index contributed by atoms with van der Waals surface area (Å²) >= 11 is 0. The second kappa shape index (κ2) is 6.52. The summed E-state index contributed by atoms with van der Waals surface area (Å²) in [7, 11) is 1.21. The summed E-state index contributed by atoms with van der Waals surface area (Å²) in [5, 5.41) is 10.1. The van der Waals surface area contributed by atoms with E-state index in [1.165, 1.54) is 57.8 Å². The van der Waals surface area contributed by atoms with Crippen LogP contribution in [0.1, 0.15) is 67.5 Å². The van der Waals surface area contributed by atoms with Crippen molar-refractivity contribution in [3.05, 3.63) is 29.1 Å². The zero-order valence-corrected chi connectivity index (χ0v) is 15.5. The highest BCUT2D eigenvalue weighted by molar-refractivity contribution is 5.90. The van der Waals surface area contributed by atoms with Gasteiger partial charge in [-0.25, -0.2) is 9.18 Å². The lowest BCUT2D eigenvalue weighted by Gasteiger charge is -2.56. The average molecular weight is 362 g/mol. The van der Waals surface area contributed by atoms with Crippen molar-refractivity contribution in [2.24, 2.45) is 23.2 Å². The van der Waals surface area contributed by atoms with Crippen LogP contribution in [0.5, 0.6) is 5.75 Å². The molecule has 4 aliphatic carbocycles. The van der Waals surface area contributed by atoms with Crippen molar-refractivity contribution in [3.63, 3.8) is 0 Å². The SMILES string of the molecule is COC(=O)c1cc(C(C)O)c(OCC23CC4CC(CC(C4)C2)C3)cc1F. The van der Waals surface area contributed by atoms with Crippen LogP contribution >= 0.6 is 0 Å². The molecule has 4 nitrogen and oxygen atoms in total. The molecule has 1 N–H and O–H groups in total. The number of carbonyl (C=O) groups excluding carboxylic acids is 1. The van der Waals surface area contributed by atoms with Gasteiger partial charge < -0.3 is 14.6 Å². The van der Waals surface area contributed by atoms with E-state index in [4.69, 9.17) is 4.74 Å². The Bertz CT molecular complexity index is 677. The molecule has 1 aromatic rings. The molecule has 4 bridgehead atoms. The molecule has 1 unspecified atom stereocenters. The van der Waals surface area contributed by atoms with Crippen LogP contribution in [0.2, 0.25) is 0 Å². The highest BCUT2D eigenvalue weighted by atomic mass is 19.1. The van der Waals surface area contributed by atoms with E-state index < -0.39 is 17.9 Å². The lowest BCUT2D eigenvalue weighted by molar-refractivity contribution is -0.0749. The van der Waals surface area contributed by atoms with Crippen molar-refractivity contribution in [2.75, 3.05) is 13.7 Å². The average Bonchev–Trinajstić information content (AvgIpc) is 2.58. The third-order valence-electron chi connectivity index (χ3n) is 6.65. The van der Waals surface area contributed by atoms with Gasteiger partial charge in [0.1, 0.15) is 11.6 Å². The molecule has 26 heavy (non-hydrogen) atoms. The molecule has 0 aliphatic heterocycles. The van der Waals surface area contributed by atoms with Gasteiger partial charge in [0.15, 0.2) is 0 Å². The molecule has 1 atom stereocenters. The van der Waals surface area contributed by atoms with Crippen LogP contribution < -0.4 is 4.74 Å². The first-order valence-electron chi connectivity index (χ1n) is 9.62. The zero-order chi connectivity index (χ0) is 18.5. The summed E-state index contributed by atoms with van der Waals surface area (Å²) in [6.07, 6.45) is 6.83. The molecule has 0 aromatic heterocycles. The Labute approximate surface area is 153 Å². The number of carbonyl (C=O) groups is 1. The lowest BCUT2D eigenvalue weighted by Crippen LogP contribution is -2.48. The van der Waals surface area contributed by atoms with E-state index >= 15 is 0 Å². The van der Waals surface area contributed by atoms with E-state index in [1.807, 2.05) is 0 Å². The summed E-state index contributed by atoms with van der Waals surface area (Å²) < 4.78 is 25.0. The maximum absolute atomic E-state index is 14.4. The monoisotopic (exact) mass is 362 g/mol. The fourth-order valence-corrected chi connectivity index (χ4v) is 5.99. The number of aliphatic hydroxyl groups excluding tert-OH is 1. The van der Waals surface area contributed by atoms with Crippen molar-refractivity contribution in [2.45, 2.75) is 51.6 Å². The van der Waals surface area contributed by atoms with Crippen molar-refractivity contribution in [1.82, 2.24) is 0 Å². The molecule has 4 saturated carbocycles. The maximum atomic E-state index is 14.4. The maximum Gasteiger partial charge on any atom is 0.340 e. The molecule has 5 rings (SSSR count). The minimum Gasteiger partial charge on any atom is -0.493 e. The molecule has 4 fully saturated rings. The van der Waals surface area contributed by atoms with Crippen molar-refractivity contribution in [3.8, 4) is 5.75 Å². The van der Waals surface area contributed by atoms with Crippen LogP contribution in [-0.4, -0.2) is 24.8 Å². The number of ether oxygens (including phenoxy) is 2. The van der Waals surface area contributed by atoms with Crippen LogP contribution in [0, 0.1) is 29.0 Å². The molecule has 0 amide bonds. The van der Waals surface area contributed by atoms with E-state index in [0.29, 0.717) is 17.9 Å². The Morgan fingerprint density at radius 2 is 1.81 bits per heavy atom. The van der Waals surface area contributed by atoms with Crippen LogP contribution in [0.25, 0.3) is 0 Å². The number of aliphatic hydroxyl groups is 1. The number of hydrogen-bond acceptors (Lipinski definition) is 4. The van der Waals surface area contributed by atoms with Gasteiger partial charge in [-0.1, -0.05) is 0 Å². The first-order valence-corrected chi connectivity index (χ1v) is 9.62. The fraction of sp³-hybridized carbons (Fsp3) is 0.667. The minimum atomic E-state index is -0.856. The standard InChI is InChI=1S/C21H27FO4/c1-12(23)16-6-17(20(24)25-2)18(22)7-19(16)26-11-21-8-13-3-14(9-21)5-15(4-13)10-21/h6-7,12-15,23H,3-5,8-11H2,1-2H3. The summed E-state index contributed by atoms with van der Waals surface area (Å²) in [4.78, 5) is 11.7. The van der Waals surface area contributed by atoms with Gasteiger partial charge in [0, 0.05) is 17.0 Å². The minimum absolute atomic E-state index is 0.175. The van der Waals surface area contributed by atoms with Crippen LogP contribution in [0.4, 0.5) is 4.39 Å². The number of hydrogen-bond donors (Lipinski definition) is 1. The van der Waals surface area contributed by atoms with E-state index in [2.05, 4.69) is 4.74 Å². The summed E-state index contributed by atoms with van der Waals surface area (Å²) in [5.41, 5.74) is 0.449. The second-order valence-electron chi connectivity index (χ2n) is 8.74. The number of rotatable bonds is 5. The second-order valence-corrected chi connectivity index (χ2v) is 8.74. The van der Waals surface area contributed by atoms with Crippen molar-refractivity contribution < 1.29 is 23.8 Å². The van der Waals surface area contributed by atoms with Crippen LogP contribution in [-0.2, 0) is 4.74 Å². The molecule has 0 heterocycles. The van der Waals surface area contributed by atoms with Gasteiger partial charge in [0.2, 0.25) is 0 Å². The first kappa shape index (κ1) is 17.8. The van der Waals surface area contributed by atoms with E-state index in [9.17, 15) is 14.3 Å². The Balaban J connectivity index is 1.56. The van der Waals surface area contributed by atoms with Crippen LogP contribution in [0.3, 0.4) is 0 Å². The fourth-order valence-electron chi connectivity index (χ4n) is 5.99. The normalized spacial score (nSPS) is 33.2. The molecular weight excluding hydrogens is 335 g/mol. The molecule has 0 spiro atoms. The highest BCUT2D eigenvalue weighted by Crippen LogP contribution is 2.60. The Hall–Kier alpha value is -1.62. The van der Waals surface area contributed by atoms with Crippen LogP contribution in [0.15, 0.2) is 12.1 Å². The van der Waals surface area contributed by atoms with Gasteiger partial charge >= 0.3 is 5.97 Å². The highest BCUT2D eigenvalue weighted by Gasteiger charge is 2.51. The number of benzene rings is 1. The number of esters is 1.